The van der Waals surface area contributed by atoms with Crippen LogP contribution in [0.1, 0.15) is 29.3 Å². The van der Waals surface area contributed by atoms with Gasteiger partial charge in [0, 0.05) is 24.3 Å². The van der Waals surface area contributed by atoms with Gasteiger partial charge in [-0.15, -0.1) is 0 Å². The molecule has 0 spiro atoms. The Morgan fingerprint density at radius 1 is 1.45 bits per heavy atom. The highest BCUT2D eigenvalue weighted by atomic mass is 16.2. The zero-order valence-corrected chi connectivity index (χ0v) is 11.5. The molecule has 0 saturated carbocycles. The van der Waals surface area contributed by atoms with Gasteiger partial charge in [0.05, 0.1) is 19.0 Å². The molecule has 0 atom stereocenters. The zero-order chi connectivity index (χ0) is 14.5. The van der Waals surface area contributed by atoms with Gasteiger partial charge in [-0.2, -0.15) is 5.26 Å². The molecule has 5 nitrogen and oxygen atoms in total. The van der Waals surface area contributed by atoms with Crippen LogP contribution >= 0.6 is 0 Å². The fourth-order valence-corrected chi connectivity index (χ4v) is 2.34. The predicted octanol–water partition coefficient (Wildman–Crippen LogP) is 1.28. The average molecular weight is 271 g/mol. The lowest BCUT2D eigenvalue weighted by Crippen LogP contribution is -2.36. The lowest BCUT2D eigenvalue weighted by molar-refractivity contribution is -0.119. The van der Waals surface area contributed by atoms with Gasteiger partial charge in [-0.1, -0.05) is 0 Å². The van der Waals surface area contributed by atoms with Crippen LogP contribution in [0.4, 0.5) is 5.69 Å². The second-order valence-corrected chi connectivity index (χ2v) is 4.83. The second kappa shape index (κ2) is 6.20. The molecule has 0 unspecified atom stereocenters. The van der Waals surface area contributed by atoms with Crippen molar-refractivity contribution in [1.82, 2.24) is 5.32 Å². The van der Waals surface area contributed by atoms with Gasteiger partial charge in [-0.3, -0.25) is 9.59 Å². The van der Waals surface area contributed by atoms with Gasteiger partial charge in [0.15, 0.2) is 5.78 Å². The molecule has 2 rings (SSSR count). The van der Waals surface area contributed by atoms with E-state index in [1.165, 1.54) is 0 Å². The lowest BCUT2D eigenvalue weighted by Gasteiger charge is -2.18. The first-order valence-corrected chi connectivity index (χ1v) is 6.64. The summed E-state index contributed by atoms with van der Waals surface area (Å²) in [6, 6.07) is 7.60. The standard InChI is InChI=1S/C15H17N3O2/c1-11(19)12-3-4-14-13(9-12)5-8-18(14)10-15(20)17-7-2-6-16/h3-4,9H,2,5,7-8,10H2,1H3,(H,17,20). The molecule has 0 aromatic heterocycles. The molecule has 20 heavy (non-hydrogen) atoms. The van der Waals surface area contributed by atoms with Gasteiger partial charge >= 0.3 is 0 Å². The summed E-state index contributed by atoms with van der Waals surface area (Å²) in [5.74, 6) is -0.0239. The molecular formula is C15H17N3O2. The van der Waals surface area contributed by atoms with Crippen molar-refractivity contribution in [2.45, 2.75) is 19.8 Å². The molecule has 1 aromatic rings. The first-order valence-electron chi connectivity index (χ1n) is 6.64. The number of carbonyl (C=O) groups excluding carboxylic acids is 2. The molecule has 1 aliphatic heterocycles. The lowest BCUT2D eigenvalue weighted by atomic mass is 10.1. The number of carbonyl (C=O) groups is 2. The maximum absolute atomic E-state index is 11.7. The summed E-state index contributed by atoms with van der Waals surface area (Å²) in [7, 11) is 0. The maximum Gasteiger partial charge on any atom is 0.239 e. The van der Waals surface area contributed by atoms with Crippen LogP contribution in [0, 0.1) is 11.3 Å². The summed E-state index contributed by atoms with van der Waals surface area (Å²) in [5, 5.41) is 11.1. The third kappa shape index (κ3) is 3.15. The van der Waals surface area contributed by atoms with Crippen LogP contribution in [0.25, 0.3) is 0 Å². The van der Waals surface area contributed by atoms with E-state index < -0.39 is 0 Å². The van der Waals surface area contributed by atoms with Crippen molar-refractivity contribution in [2.24, 2.45) is 0 Å². The van der Waals surface area contributed by atoms with Crippen LogP contribution < -0.4 is 10.2 Å². The number of nitriles is 1. The van der Waals surface area contributed by atoms with Crippen molar-refractivity contribution in [3.05, 3.63) is 29.3 Å². The van der Waals surface area contributed by atoms with Crippen LogP contribution in [0.3, 0.4) is 0 Å². The van der Waals surface area contributed by atoms with Crippen LogP contribution in [0.15, 0.2) is 18.2 Å². The Bertz CT molecular complexity index is 575. The summed E-state index contributed by atoms with van der Waals surface area (Å²) in [4.78, 5) is 25.1. The molecule has 1 amide bonds. The quantitative estimate of drug-likeness (QED) is 0.647. The topological polar surface area (TPSA) is 73.2 Å². The van der Waals surface area contributed by atoms with E-state index in [-0.39, 0.29) is 18.2 Å². The molecule has 0 aliphatic carbocycles. The van der Waals surface area contributed by atoms with E-state index >= 15 is 0 Å². The Morgan fingerprint density at radius 3 is 2.95 bits per heavy atom. The van der Waals surface area contributed by atoms with Gasteiger partial charge < -0.3 is 10.2 Å². The number of nitrogens with one attached hydrogen (secondary N) is 1. The van der Waals surface area contributed by atoms with Gasteiger partial charge in [0.2, 0.25) is 5.91 Å². The fourth-order valence-electron chi connectivity index (χ4n) is 2.34. The van der Waals surface area contributed by atoms with Crippen LogP contribution in [0.2, 0.25) is 0 Å². The van der Waals surface area contributed by atoms with E-state index in [2.05, 4.69) is 5.32 Å². The molecule has 0 radical (unpaired) electrons. The number of ketones is 1. The molecule has 104 valence electrons. The SMILES string of the molecule is CC(=O)c1ccc2c(c1)CCN2CC(=O)NCCC#N. The minimum atomic E-state index is -0.0799. The molecule has 0 saturated heterocycles. The minimum absolute atomic E-state index is 0.0560. The molecular weight excluding hydrogens is 254 g/mol. The Labute approximate surface area is 118 Å². The van der Waals surface area contributed by atoms with E-state index in [4.69, 9.17) is 5.26 Å². The molecule has 1 N–H and O–H groups in total. The third-order valence-electron chi connectivity index (χ3n) is 3.37. The van der Waals surface area contributed by atoms with E-state index in [0.717, 1.165) is 24.2 Å². The van der Waals surface area contributed by atoms with E-state index in [1.807, 2.05) is 23.1 Å². The number of benzene rings is 1. The molecule has 1 aromatic carbocycles. The number of Topliss-reactive ketones (excluding diaryl/α,β-unsaturated/α-hetero) is 1. The second-order valence-electron chi connectivity index (χ2n) is 4.83. The smallest absolute Gasteiger partial charge is 0.239 e. The van der Waals surface area contributed by atoms with Crippen molar-refractivity contribution in [3.63, 3.8) is 0 Å². The van der Waals surface area contributed by atoms with E-state index in [1.54, 1.807) is 13.0 Å². The first kappa shape index (κ1) is 14.1. The zero-order valence-electron chi connectivity index (χ0n) is 11.5. The van der Waals surface area contributed by atoms with Crippen LogP contribution in [0.5, 0.6) is 0 Å². The van der Waals surface area contributed by atoms with Crippen molar-refractivity contribution < 1.29 is 9.59 Å². The highest BCUT2D eigenvalue weighted by Crippen LogP contribution is 2.28. The van der Waals surface area contributed by atoms with E-state index in [0.29, 0.717) is 18.5 Å². The number of anilines is 1. The number of amides is 1. The van der Waals surface area contributed by atoms with Gasteiger partial charge in [0.1, 0.15) is 0 Å². The Balaban J connectivity index is 2.00. The molecule has 0 fully saturated rings. The molecule has 1 heterocycles. The number of rotatable bonds is 5. The van der Waals surface area contributed by atoms with Gasteiger partial charge in [-0.05, 0) is 37.1 Å². The Hall–Kier alpha value is -2.35. The minimum Gasteiger partial charge on any atom is -0.362 e. The molecule has 1 aliphatic rings. The van der Waals surface area contributed by atoms with Gasteiger partial charge in [0.25, 0.3) is 0 Å². The Kier molecular flexibility index (Phi) is 4.36. The largest absolute Gasteiger partial charge is 0.362 e. The predicted molar refractivity (Wildman–Crippen MR) is 75.6 cm³/mol. The fraction of sp³-hybridized carbons (Fsp3) is 0.400. The van der Waals surface area contributed by atoms with Crippen molar-refractivity contribution in [1.29, 1.82) is 5.26 Å². The average Bonchev–Trinajstić information content (AvgIpc) is 2.81. The van der Waals surface area contributed by atoms with Crippen molar-refractivity contribution >= 4 is 17.4 Å². The summed E-state index contributed by atoms with van der Waals surface area (Å²) >= 11 is 0. The Morgan fingerprint density at radius 2 is 2.25 bits per heavy atom. The number of hydrogen-bond acceptors (Lipinski definition) is 4. The van der Waals surface area contributed by atoms with Crippen LogP contribution in [-0.4, -0.2) is 31.3 Å². The third-order valence-corrected chi connectivity index (χ3v) is 3.37. The van der Waals surface area contributed by atoms with Crippen molar-refractivity contribution in [3.8, 4) is 6.07 Å². The summed E-state index contributed by atoms with van der Waals surface area (Å²) in [5.41, 5.74) is 2.84. The highest BCUT2D eigenvalue weighted by Gasteiger charge is 2.21. The summed E-state index contributed by atoms with van der Waals surface area (Å²) in [6.45, 7) is 3.01. The van der Waals surface area contributed by atoms with Crippen molar-refractivity contribution in [2.75, 3.05) is 24.5 Å². The molecule has 0 bridgehead atoms. The van der Waals surface area contributed by atoms with Crippen LogP contribution in [-0.2, 0) is 11.2 Å². The highest BCUT2D eigenvalue weighted by molar-refractivity contribution is 5.95. The number of hydrogen-bond donors (Lipinski definition) is 1. The normalized spacial score (nSPS) is 12.7. The summed E-state index contributed by atoms with van der Waals surface area (Å²) < 4.78 is 0. The maximum atomic E-state index is 11.7. The monoisotopic (exact) mass is 271 g/mol. The summed E-state index contributed by atoms with van der Waals surface area (Å²) in [6.07, 6.45) is 1.17. The van der Waals surface area contributed by atoms with Gasteiger partial charge in [-0.25, -0.2) is 0 Å². The first-order chi connectivity index (χ1) is 9.61. The number of nitrogens with zero attached hydrogens (tertiary/aromatic N) is 2. The molecule has 5 heteroatoms. The van der Waals surface area contributed by atoms with E-state index in [9.17, 15) is 9.59 Å². The number of fused-ring (bicyclic) bond motifs is 1.